The molecule has 3 aromatic rings. The van der Waals surface area contributed by atoms with E-state index in [1.807, 2.05) is 61.9 Å². The third-order valence-corrected chi connectivity index (χ3v) is 3.75. The number of hydrogen-bond donors (Lipinski definition) is 1. The molecule has 0 aliphatic rings. The molecular weight excluding hydrogens is 300 g/mol. The highest BCUT2D eigenvalue weighted by Gasteiger charge is 2.09. The Kier molecular flexibility index (Phi) is 4.42. The maximum atomic E-state index is 12.4. The van der Waals surface area contributed by atoms with E-state index in [2.05, 4.69) is 15.4 Å². The van der Waals surface area contributed by atoms with Crippen molar-refractivity contribution in [1.82, 2.24) is 14.8 Å². The molecule has 0 aliphatic carbocycles. The second-order valence-corrected chi connectivity index (χ2v) is 5.90. The molecule has 0 fully saturated rings. The van der Waals surface area contributed by atoms with Crippen LogP contribution < -0.4 is 5.32 Å². The topological polar surface area (TPSA) is 59.8 Å². The SMILES string of the molecule is Cc1cccc(NC(=O)c2cccc(Cn3nc(C)cc3C)c2)n1. The van der Waals surface area contributed by atoms with Gasteiger partial charge in [-0.25, -0.2) is 4.98 Å². The highest BCUT2D eigenvalue weighted by atomic mass is 16.1. The number of aryl methyl sites for hydroxylation is 3. The Labute approximate surface area is 141 Å². The summed E-state index contributed by atoms with van der Waals surface area (Å²) < 4.78 is 1.94. The van der Waals surface area contributed by atoms with E-state index in [0.717, 1.165) is 22.6 Å². The number of nitrogens with zero attached hydrogens (tertiary/aromatic N) is 3. The molecule has 0 radical (unpaired) electrons. The van der Waals surface area contributed by atoms with Crippen LogP contribution in [0.2, 0.25) is 0 Å². The molecule has 0 unspecified atom stereocenters. The van der Waals surface area contributed by atoms with Gasteiger partial charge < -0.3 is 5.32 Å². The number of aromatic nitrogens is 3. The standard InChI is InChI=1S/C19H20N4O/c1-13-6-4-9-18(20-13)21-19(24)17-8-5-7-16(11-17)12-23-15(3)10-14(2)22-23/h4-11H,12H2,1-3H3,(H,20,21,24). The van der Waals surface area contributed by atoms with Gasteiger partial charge in [0.15, 0.2) is 0 Å². The first-order chi connectivity index (χ1) is 11.5. The first kappa shape index (κ1) is 15.9. The molecule has 5 heteroatoms. The number of anilines is 1. The van der Waals surface area contributed by atoms with Crippen LogP contribution in [0.15, 0.2) is 48.5 Å². The summed E-state index contributed by atoms with van der Waals surface area (Å²) in [6.45, 7) is 6.54. The van der Waals surface area contributed by atoms with Gasteiger partial charge in [-0.3, -0.25) is 9.48 Å². The zero-order valence-electron chi connectivity index (χ0n) is 14.1. The quantitative estimate of drug-likeness (QED) is 0.800. The lowest BCUT2D eigenvalue weighted by Gasteiger charge is -2.08. The molecule has 1 N–H and O–H groups in total. The number of nitrogens with one attached hydrogen (secondary N) is 1. The van der Waals surface area contributed by atoms with Gasteiger partial charge in [0.05, 0.1) is 12.2 Å². The summed E-state index contributed by atoms with van der Waals surface area (Å²) in [6, 6.07) is 15.2. The molecule has 2 aromatic heterocycles. The van der Waals surface area contributed by atoms with Crippen molar-refractivity contribution in [3.63, 3.8) is 0 Å². The minimum Gasteiger partial charge on any atom is -0.307 e. The van der Waals surface area contributed by atoms with Gasteiger partial charge in [0.1, 0.15) is 5.82 Å². The third-order valence-electron chi connectivity index (χ3n) is 3.75. The van der Waals surface area contributed by atoms with Gasteiger partial charge in [0.2, 0.25) is 0 Å². The predicted molar refractivity (Wildman–Crippen MR) is 94.2 cm³/mol. The Morgan fingerprint density at radius 3 is 2.54 bits per heavy atom. The zero-order valence-corrected chi connectivity index (χ0v) is 14.1. The van der Waals surface area contributed by atoms with Crippen molar-refractivity contribution in [2.24, 2.45) is 0 Å². The van der Waals surface area contributed by atoms with Gasteiger partial charge in [0.25, 0.3) is 5.91 Å². The summed E-state index contributed by atoms with van der Waals surface area (Å²) >= 11 is 0. The summed E-state index contributed by atoms with van der Waals surface area (Å²) in [6.07, 6.45) is 0. The van der Waals surface area contributed by atoms with Crippen molar-refractivity contribution in [2.45, 2.75) is 27.3 Å². The van der Waals surface area contributed by atoms with E-state index >= 15 is 0 Å². The average molecular weight is 320 g/mol. The van der Waals surface area contributed by atoms with Gasteiger partial charge in [-0.05, 0) is 56.7 Å². The summed E-state index contributed by atoms with van der Waals surface area (Å²) in [7, 11) is 0. The number of hydrogen-bond acceptors (Lipinski definition) is 3. The fraction of sp³-hybridized carbons (Fsp3) is 0.211. The Bertz CT molecular complexity index is 883. The smallest absolute Gasteiger partial charge is 0.256 e. The molecule has 122 valence electrons. The number of benzene rings is 1. The predicted octanol–water partition coefficient (Wildman–Crippen LogP) is 3.50. The van der Waals surface area contributed by atoms with Crippen molar-refractivity contribution >= 4 is 11.7 Å². The average Bonchev–Trinajstić information content (AvgIpc) is 2.85. The Balaban J connectivity index is 1.77. The number of rotatable bonds is 4. The van der Waals surface area contributed by atoms with E-state index in [4.69, 9.17) is 0 Å². The normalized spacial score (nSPS) is 10.6. The van der Waals surface area contributed by atoms with Crippen LogP contribution in [0.4, 0.5) is 5.82 Å². The lowest BCUT2D eigenvalue weighted by molar-refractivity contribution is 0.102. The van der Waals surface area contributed by atoms with Crippen LogP contribution in [0, 0.1) is 20.8 Å². The van der Waals surface area contributed by atoms with Crippen molar-refractivity contribution < 1.29 is 4.79 Å². The number of carbonyl (C=O) groups excluding carboxylic acids is 1. The maximum Gasteiger partial charge on any atom is 0.256 e. The fourth-order valence-corrected chi connectivity index (χ4v) is 2.62. The molecule has 0 saturated carbocycles. The van der Waals surface area contributed by atoms with Gasteiger partial charge in [-0.2, -0.15) is 5.10 Å². The van der Waals surface area contributed by atoms with Gasteiger partial charge in [0, 0.05) is 17.0 Å². The molecule has 1 aromatic carbocycles. The molecule has 0 spiro atoms. The molecule has 0 atom stereocenters. The first-order valence-electron chi connectivity index (χ1n) is 7.86. The molecule has 24 heavy (non-hydrogen) atoms. The second-order valence-electron chi connectivity index (χ2n) is 5.90. The van der Waals surface area contributed by atoms with Crippen LogP contribution in [0.1, 0.15) is 33.0 Å². The first-order valence-corrected chi connectivity index (χ1v) is 7.86. The summed E-state index contributed by atoms with van der Waals surface area (Å²) in [4.78, 5) is 16.7. The van der Waals surface area contributed by atoms with Crippen molar-refractivity contribution in [2.75, 3.05) is 5.32 Å². The van der Waals surface area contributed by atoms with Crippen molar-refractivity contribution in [3.8, 4) is 0 Å². The zero-order chi connectivity index (χ0) is 17.1. The minimum atomic E-state index is -0.164. The minimum absolute atomic E-state index is 0.164. The molecule has 5 nitrogen and oxygen atoms in total. The summed E-state index contributed by atoms with van der Waals surface area (Å²) in [5.41, 5.74) is 4.60. The number of amides is 1. The second kappa shape index (κ2) is 6.66. The molecule has 2 heterocycles. The van der Waals surface area contributed by atoms with E-state index in [1.54, 1.807) is 12.1 Å². The van der Waals surface area contributed by atoms with Crippen LogP contribution in [0.25, 0.3) is 0 Å². The van der Waals surface area contributed by atoms with E-state index in [0.29, 0.717) is 17.9 Å². The monoisotopic (exact) mass is 320 g/mol. The van der Waals surface area contributed by atoms with E-state index in [9.17, 15) is 4.79 Å². The van der Waals surface area contributed by atoms with Crippen LogP contribution in [-0.2, 0) is 6.54 Å². The lowest BCUT2D eigenvalue weighted by atomic mass is 10.1. The Hall–Kier alpha value is -2.95. The molecule has 0 saturated heterocycles. The largest absolute Gasteiger partial charge is 0.307 e. The molecule has 3 rings (SSSR count). The van der Waals surface area contributed by atoms with Crippen LogP contribution in [0.3, 0.4) is 0 Å². The van der Waals surface area contributed by atoms with E-state index in [-0.39, 0.29) is 5.91 Å². The third kappa shape index (κ3) is 3.68. The highest BCUT2D eigenvalue weighted by molar-refractivity contribution is 6.03. The number of pyridine rings is 1. The van der Waals surface area contributed by atoms with Crippen LogP contribution in [0.5, 0.6) is 0 Å². The molecule has 0 bridgehead atoms. The molecule has 0 aliphatic heterocycles. The fourth-order valence-electron chi connectivity index (χ4n) is 2.62. The molecular formula is C19H20N4O. The van der Waals surface area contributed by atoms with Crippen molar-refractivity contribution in [3.05, 3.63) is 76.7 Å². The summed E-state index contributed by atoms with van der Waals surface area (Å²) in [5, 5.41) is 7.30. The maximum absolute atomic E-state index is 12.4. The van der Waals surface area contributed by atoms with Gasteiger partial charge >= 0.3 is 0 Å². The Morgan fingerprint density at radius 1 is 1.04 bits per heavy atom. The number of carbonyl (C=O) groups is 1. The van der Waals surface area contributed by atoms with Crippen LogP contribution >= 0.6 is 0 Å². The lowest BCUT2D eigenvalue weighted by Crippen LogP contribution is -2.14. The highest BCUT2D eigenvalue weighted by Crippen LogP contribution is 2.12. The molecule has 1 amide bonds. The van der Waals surface area contributed by atoms with E-state index < -0.39 is 0 Å². The van der Waals surface area contributed by atoms with Crippen LogP contribution in [-0.4, -0.2) is 20.7 Å². The van der Waals surface area contributed by atoms with E-state index in [1.165, 1.54) is 0 Å². The van der Waals surface area contributed by atoms with Gasteiger partial charge in [-0.15, -0.1) is 0 Å². The van der Waals surface area contributed by atoms with Crippen molar-refractivity contribution in [1.29, 1.82) is 0 Å². The van der Waals surface area contributed by atoms with Gasteiger partial charge in [-0.1, -0.05) is 18.2 Å². The Morgan fingerprint density at radius 2 is 1.83 bits per heavy atom. The summed E-state index contributed by atoms with van der Waals surface area (Å²) in [5.74, 6) is 0.396.